The molecule has 3 heterocycles. The van der Waals surface area contributed by atoms with E-state index in [0.717, 1.165) is 15.8 Å². The Morgan fingerprint density at radius 2 is 1.97 bits per heavy atom. The highest BCUT2D eigenvalue weighted by molar-refractivity contribution is 9.10. The van der Waals surface area contributed by atoms with E-state index in [1.807, 2.05) is 4.72 Å². The number of hydrogen-bond donors (Lipinski definition) is 2. The van der Waals surface area contributed by atoms with Gasteiger partial charge >= 0.3 is 6.03 Å². The molecule has 0 saturated heterocycles. The molecule has 164 valence electrons. The molecule has 9 nitrogen and oxygen atoms in total. The predicted octanol–water partition coefficient (Wildman–Crippen LogP) is 4.08. The van der Waals surface area contributed by atoms with Gasteiger partial charge in [-0.05, 0) is 49.4 Å². The lowest BCUT2D eigenvalue weighted by molar-refractivity contribution is 0.256. The van der Waals surface area contributed by atoms with Gasteiger partial charge in [-0.15, -0.1) is 11.3 Å². The molecule has 0 unspecified atom stereocenters. The number of fused-ring (bicyclic) bond motifs is 1. The Balaban J connectivity index is 1.56. The number of benzene rings is 1. The monoisotopic (exact) mass is 553 g/mol. The minimum Gasteiger partial charge on any atom is -0.306 e. The van der Waals surface area contributed by atoms with Crippen molar-refractivity contribution in [2.24, 2.45) is 0 Å². The van der Waals surface area contributed by atoms with Gasteiger partial charge in [0, 0.05) is 4.47 Å². The standard InChI is InChI=1S/C19H13BrClN5O4S2/c1-10-23-14-4-2-11(20)8-13(14)18(27)26(10)16-6-3-12(9-22-16)24-19(28)25-32(29,30)17-7-5-15(21)31-17/h2-9H,1H3,(H2,24,25,28). The van der Waals surface area contributed by atoms with E-state index in [0.29, 0.717) is 22.5 Å². The number of amides is 2. The van der Waals surface area contributed by atoms with Crippen LogP contribution in [0.15, 0.2) is 62.1 Å². The van der Waals surface area contributed by atoms with Crippen molar-refractivity contribution < 1.29 is 13.2 Å². The van der Waals surface area contributed by atoms with Gasteiger partial charge in [-0.25, -0.2) is 32.5 Å². The minimum atomic E-state index is -4.05. The number of nitrogens with zero attached hydrogens (tertiary/aromatic N) is 3. The van der Waals surface area contributed by atoms with Gasteiger partial charge in [-0.3, -0.25) is 4.79 Å². The summed E-state index contributed by atoms with van der Waals surface area (Å²) in [6.07, 6.45) is 1.31. The lowest BCUT2D eigenvalue weighted by Crippen LogP contribution is -2.34. The van der Waals surface area contributed by atoms with Gasteiger partial charge in [-0.2, -0.15) is 0 Å². The van der Waals surface area contributed by atoms with Gasteiger partial charge in [0.1, 0.15) is 15.9 Å². The van der Waals surface area contributed by atoms with Crippen LogP contribution in [0.1, 0.15) is 5.82 Å². The number of rotatable bonds is 4. The van der Waals surface area contributed by atoms with Crippen molar-refractivity contribution in [3.8, 4) is 5.82 Å². The fourth-order valence-electron chi connectivity index (χ4n) is 2.90. The molecule has 2 amide bonds. The normalized spacial score (nSPS) is 11.5. The minimum absolute atomic E-state index is 0.0867. The number of hydrogen-bond acceptors (Lipinski definition) is 7. The number of aromatic nitrogens is 3. The highest BCUT2D eigenvalue weighted by Crippen LogP contribution is 2.25. The Hall–Kier alpha value is -2.80. The van der Waals surface area contributed by atoms with Crippen LogP contribution in [0.4, 0.5) is 10.5 Å². The second kappa shape index (κ2) is 8.62. The van der Waals surface area contributed by atoms with E-state index >= 15 is 0 Å². The Morgan fingerprint density at radius 1 is 1.19 bits per heavy atom. The van der Waals surface area contributed by atoms with Crippen molar-refractivity contribution in [3.05, 3.63) is 73.6 Å². The molecule has 0 aliphatic carbocycles. The van der Waals surface area contributed by atoms with Crippen LogP contribution < -0.4 is 15.6 Å². The molecule has 3 aromatic heterocycles. The van der Waals surface area contributed by atoms with Crippen LogP contribution in [0.2, 0.25) is 4.34 Å². The molecule has 2 N–H and O–H groups in total. The molecule has 32 heavy (non-hydrogen) atoms. The highest BCUT2D eigenvalue weighted by Gasteiger charge is 2.20. The largest absolute Gasteiger partial charge is 0.333 e. The first-order valence-electron chi connectivity index (χ1n) is 8.88. The first kappa shape index (κ1) is 22.4. The van der Waals surface area contributed by atoms with Crippen LogP contribution in [-0.4, -0.2) is 29.0 Å². The second-order valence-corrected chi connectivity index (χ2v) is 11.0. The average molecular weight is 555 g/mol. The Morgan fingerprint density at radius 3 is 2.62 bits per heavy atom. The zero-order valence-corrected chi connectivity index (χ0v) is 20.1. The van der Waals surface area contributed by atoms with E-state index in [1.165, 1.54) is 35.0 Å². The zero-order valence-electron chi connectivity index (χ0n) is 16.2. The number of carbonyl (C=O) groups is 1. The molecule has 0 fully saturated rings. The molecule has 0 radical (unpaired) electrons. The summed E-state index contributed by atoms with van der Waals surface area (Å²) < 4.78 is 28.6. The molecule has 0 spiro atoms. The van der Waals surface area contributed by atoms with Crippen molar-refractivity contribution in [1.29, 1.82) is 0 Å². The van der Waals surface area contributed by atoms with Gasteiger partial charge in [0.2, 0.25) is 0 Å². The van der Waals surface area contributed by atoms with Crippen LogP contribution in [0.5, 0.6) is 0 Å². The summed E-state index contributed by atoms with van der Waals surface area (Å²) in [5.41, 5.74) is 0.503. The molecule has 4 aromatic rings. The van der Waals surface area contributed by atoms with Crippen LogP contribution >= 0.6 is 38.9 Å². The summed E-state index contributed by atoms with van der Waals surface area (Å²) in [4.78, 5) is 33.7. The lowest BCUT2D eigenvalue weighted by atomic mass is 10.2. The van der Waals surface area contributed by atoms with Crippen molar-refractivity contribution in [3.63, 3.8) is 0 Å². The third-order valence-electron chi connectivity index (χ3n) is 4.27. The van der Waals surface area contributed by atoms with Gasteiger partial charge in [0.25, 0.3) is 15.6 Å². The number of halogens is 2. The molecule has 0 aliphatic heterocycles. The van der Waals surface area contributed by atoms with Gasteiger partial charge < -0.3 is 5.32 Å². The Kier molecular flexibility index (Phi) is 6.03. The average Bonchev–Trinajstić information content (AvgIpc) is 3.17. The number of sulfonamides is 1. The van der Waals surface area contributed by atoms with Crippen LogP contribution in [-0.2, 0) is 10.0 Å². The fraction of sp³-hybridized carbons (Fsp3) is 0.0526. The number of nitrogens with one attached hydrogen (secondary N) is 2. The third kappa shape index (κ3) is 4.53. The number of aryl methyl sites for hydroxylation is 1. The van der Waals surface area contributed by atoms with Crippen LogP contribution in [0.3, 0.4) is 0 Å². The number of pyridine rings is 1. The quantitative estimate of drug-likeness (QED) is 0.392. The van der Waals surface area contributed by atoms with E-state index in [-0.39, 0.29) is 19.8 Å². The van der Waals surface area contributed by atoms with Crippen molar-refractivity contribution in [2.45, 2.75) is 11.1 Å². The van der Waals surface area contributed by atoms with Gasteiger partial charge in [-0.1, -0.05) is 27.5 Å². The van der Waals surface area contributed by atoms with Crippen LogP contribution in [0, 0.1) is 6.92 Å². The lowest BCUT2D eigenvalue weighted by Gasteiger charge is -2.11. The van der Waals surface area contributed by atoms with E-state index < -0.39 is 16.1 Å². The Labute approximate surface area is 199 Å². The highest BCUT2D eigenvalue weighted by atomic mass is 79.9. The van der Waals surface area contributed by atoms with Crippen LogP contribution in [0.25, 0.3) is 16.7 Å². The van der Waals surface area contributed by atoms with Crippen molar-refractivity contribution >= 4 is 71.5 Å². The molecular formula is C19H13BrClN5O4S2. The maximum Gasteiger partial charge on any atom is 0.333 e. The summed E-state index contributed by atoms with van der Waals surface area (Å²) in [5.74, 6) is 0.741. The summed E-state index contributed by atoms with van der Waals surface area (Å²) in [6.45, 7) is 1.69. The molecule has 1 aromatic carbocycles. The second-order valence-electron chi connectivity index (χ2n) is 6.48. The molecule has 0 aliphatic rings. The van der Waals surface area contributed by atoms with E-state index in [9.17, 15) is 18.0 Å². The summed E-state index contributed by atoms with van der Waals surface area (Å²) in [7, 11) is -4.05. The molecular weight excluding hydrogens is 542 g/mol. The predicted molar refractivity (Wildman–Crippen MR) is 126 cm³/mol. The molecule has 13 heteroatoms. The van der Waals surface area contributed by atoms with E-state index in [1.54, 1.807) is 25.1 Å². The molecule has 0 atom stereocenters. The molecule has 0 bridgehead atoms. The Bertz CT molecular complexity index is 1520. The number of thiophene rings is 1. The third-order valence-corrected chi connectivity index (χ3v) is 7.82. The van der Waals surface area contributed by atoms with E-state index in [2.05, 4.69) is 31.2 Å². The van der Waals surface area contributed by atoms with E-state index in [4.69, 9.17) is 11.6 Å². The SMILES string of the molecule is Cc1nc2ccc(Br)cc2c(=O)n1-c1ccc(NC(=O)NS(=O)(=O)c2ccc(Cl)s2)cn1. The first-order chi connectivity index (χ1) is 15.1. The number of urea groups is 1. The molecule has 4 rings (SSSR count). The van der Waals surface area contributed by atoms with Crippen molar-refractivity contribution in [1.82, 2.24) is 19.3 Å². The maximum atomic E-state index is 13.0. The number of anilines is 1. The molecule has 0 saturated carbocycles. The van der Waals surface area contributed by atoms with Crippen molar-refractivity contribution in [2.75, 3.05) is 5.32 Å². The number of carbonyl (C=O) groups excluding carboxylic acids is 1. The fourth-order valence-corrected chi connectivity index (χ4v) is 5.65. The smallest absolute Gasteiger partial charge is 0.306 e. The summed E-state index contributed by atoms with van der Waals surface area (Å²) in [5, 5.41) is 2.81. The summed E-state index contributed by atoms with van der Waals surface area (Å²) >= 11 is 9.92. The topological polar surface area (TPSA) is 123 Å². The summed E-state index contributed by atoms with van der Waals surface area (Å²) in [6, 6.07) is 10.00. The van der Waals surface area contributed by atoms with Gasteiger partial charge in [0.05, 0.1) is 27.1 Å². The van der Waals surface area contributed by atoms with Gasteiger partial charge in [0.15, 0.2) is 0 Å². The zero-order chi connectivity index (χ0) is 23.0. The first-order valence-corrected chi connectivity index (χ1v) is 12.4. The maximum absolute atomic E-state index is 13.0.